The molecule has 0 bridgehead atoms. The van der Waals surface area contributed by atoms with Gasteiger partial charge in [0.2, 0.25) is 0 Å². The van der Waals surface area contributed by atoms with Gasteiger partial charge in [-0.1, -0.05) is 23.7 Å². The highest BCUT2D eigenvalue weighted by atomic mass is 35.5. The highest BCUT2D eigenvalue weighted by molar-refractivity contribution is 8.00. The summed E-state index contributed by atoms with van der Waals surface area (Å²) in [6.07, 6.45) is 1.64. The smallest absolute Gasteiger partial charge is 0.313 e. The molecule has 1 heterocycles. The van der Waals surface area contributed by atoms with Gasteiger partial charge in [-0.05, 0) is 24.3 Å². The third-order valence-electron chi connectivity index (χ3n) is 2.81. The zero-order valence-corrected chi connectivity index (χ0v) is 12.6. The van der Waals surface area contributed by atoms with Crippen molar-refractivity contribution in [3.05, 3.63) is 59.0 Å². The van der Waals surface area contributed by atoms with E-state index in [1.807, 2.05) is 0 Å². The predicted molar refractivity (Wildman–Crippen MR) is 81.9 cm³/mol. The molecular weight excluding hydrogens is 312 g/mol. The van der Waals surface area contributed by atoms with Crippen molar-refractivity contribution in [1.82, 2.24) is 0 Å². The molecule has 0 saturated carbocycles. The molecule has 0 aliphatic rings. The SMILES string of the molecule is O=C(O)CSC(CC(=O)c1ccccc1Cl)c1ccco1. The molecule has 0 saturated heterocycles. The lowest BCUT2D eigenvalue weighted by Gasteiger charge is -2.13. The summed E-state index contributed by atoms with van der Waals surface area (Å²) in [7, 11) is 0. The van der Waals surface area contributed by atoms with Crippen LogP contribution in [0.25, 0.3) is 0 Å². The molecule has 110 valence electrons. The Labute approximate surface area is 131 Å². The van der Waals surface area contributed by atoms with Crippen molar-refractivity contribution in [2.45, 2.75) is 11.7 Å². The molecule has 6 heteroatoms. The first-order valence-electron chi connectivity index (χ1n) is 6.22. The fraction of sp³-hybridized carbons (Fsp3) is 0.200. The van der Waals surface area contributed by atoms with Gasteiger partial charge in [0.15, 0.2) is 5.78 Å². The number of benzene rings is 1. The highest BCUT2D eigenvalue weighted by Crippen LogP contribution is 2.34. The number of hydrogen-bond acceptors (Lipinski definition) is 4. The van der Waals surface area contributed by atoms with E-state index in [1.165, 1.54) is 6.26 Å². The zero-order chi connectivity index (χ0) is 15.2. The van der Waals surface area contributed by atoms with E-state index in [1.54, 1.807) is 36.4 Å². The average Bonchev–Trinajstić information content (AvgIpc) is 2.97. The van der Waals surface area contributed by atoms with Crippen LogP contribution < -0.4 is 0 Å². The summed E-state index contributed by atoms with van der Waals surface area (Å²) in [5, 5.41) is 8.84. The number of carboxylic acids is 1. The Balaban J connectivity index is 2.13. The first-order valence-corrected chi connectivity index (χ1v) is 7.65. The molecule has 1 unspecified atom stereocenters. The first kappa shape index (κ1) is 15.7. The number of ketones is 1. The number of furan rings is 1. The van der Waals surface area contributed by atoms with E-state index in [-0.39, 0.29) is 23.2 Å². The van der Waals surface area contributed by atoms with E-state index in [9.17, 15) is 9.59 Å². The number of halogens is 1. The Morgan fingerprint density at radius 1 is 1.24 bits per heavy atom. The van der Waals surface area contributed by atoms with Crippen molar-refractivity contribution in [3.8, 4) is 0 Å². The van der Waals surface area contributed by atoms with Crippen LogP contribution >= 0.6 is 23.4 Å². The fourth-order valence-electron chi connectivity index (χ4n) is 1.85. The lowest BCUT2D eigenvalue weighted by Crippen LogP contribution is -2.08. The van der Waals surface area contributed by atoms with Crippen molar-refractivity contribution in [3.63, 3.8) is 0 Å². The van der Waals surface area contributed by atoms with Crippen LogP contribution in [0.5, 0.6) is 0 Å². The Morgan fingerprint density at radius 2 is 2.00 bits per heavy atom. The number of carbonyl (C=O) groups is 2. The van der Waals surface area contributed by atoms with Crippen LogP contribution in [0.4, 0.5) is 0 Å². The molecule has 0 spiro atoms. The minimum atomic E-state index is -0.929. The second-order valence-corrected chi connectivity index (χ2v) is 5.91. The third kappa shape index (κ3) is 4.37. The molecule has 0 aliphatic heterocycles. The van der Waals surface area contributed by atoms with Gasteiger partial charge in [0.05, 0.1) is 22.3 Å². The molecule has 0 radical (unpaired) electrons. The summed E-state index contributed by atoms with van der Waals surface area (Å²) in [5.41, 5.74) is 0.437. The van der Waals surface area contributed by atoms with Gasteiger partial charge >= 0.3 is 5.97 Å². The van der Waals surface area contributed by atoms with E-state index in [4.69, 9.17) is 21.1 Å². The Hall–Kier alpha value is -1.72. The lowest BCUT2D eigenvalue weighted by molar-refractivity contribution is -0.133. The molecule has 1 N–H and O–H groups in total. The van der Waals surface area contributed by atoms with Crippen LogP contribution in [-0.2, 0) is 4.79 Å². The van der Waals surface area contributed by atoms with E-state index >= 15 is 0 Å². The van der Waals surface area contributed by atoms with Crippen molar-refractivity contribution < 1.29 is 19.1 Å². The quantitative estimate of drug-likeness (QED) is 0.778. The van der Waals surface area contributed by atoms with Gasteiger partial charge in [0.25, 0.3) is 0 Å². The van der Waals surface area contributed by atoms with E-state index in [2.05, 4.69) is 0 Å². The summed E-state index contributed by atoms with van der Waals surface area (Å²) < 4.78 is 5.30. The molecule has 0 fully saturated rings. The fourth-order valence-corrected chi connectivity index (χ4v) is 3.01. The molecule has 0 amide bonds. The van der Waals surface area contributed by atoms with Crippen LogP contribution in [-0.4, -0.2) is 22.6 Å². The number of Topliss-reactive ketones (excluding diaryl/α,β-unsaturated/α-hetero) is 1. The van der Waals surface area contributed by atoms with E-state index in [0.717, 1.165) is 11.8 Å². The molecule has 4 nitrogen and oxygen atoms in total. The van der Waals surface area contributed by atoms with Gasteiger partial charge in [-0.2, -0.15) is 0 Å². The minimum Gasteiger partial charge on any atom is -0.481 e. The molecule has 2 aromatic rings. The van der Waals surface area contributed by atoms with Gasteiger partial charge in [-0.25, -0.2) is 0 Å². The van der Waals surface area contributed by atoms with Crippen LogP contribution in [0, 0.1) is 0 Å². The Morgan fingerprint density at radius 3 is 2.62 bits per heavy atom. The maximum Gasteiger partial charge on any atom is 0.313 e. The number of carboxylic acid groups (broad SMARTS) is 1. The largest absolute Gasteiger partial charge is 0.481 e. The Bertz CT molecular complexity index is 624. The summed E-state index contributed by atoms with van der Waals surface area (Å²) in [5.74, 6) is -0.579. The summed E-state index contributed by atoms with van der Waals surface area (Å²) in [6, 6.07) is 10.3. The van der Waals surface area contributed by atoms with Crippen LogP contribution in [0.15, 0.2) is 47.1 Å². The van der Waals surface area contributed by atoms with Gasteiger partial charge in [-0.15, -0.1) is 11.8 Å². The monoisotopic (exact) mass is 324 g/mol. The number of aliphatic carboxylic acids is 1. The standard InChI is InChI=1S/C15H13ClO4S/c16-11-5-2-1-4-10(11)12(17)8-14(21-9-15(18)19)13-6-3-7-20-13/h1-7,14H,8-9H2,(H,18,19). The van der Waals surface area contributed by atoms with Crippen molar-refractivity contribution in [1.29, 1.82) is 0 Å². The van der Waals surface area contributed by atoms with Crippen LogP contribution in [0.3, 0.4) is 0 Å². The first-order chi connectivity index (χ1) is 10.1. The van der Waals surface area contributed by atoms with Gasteiger partial charge in [0, 0.05) is 12.0 Å². The van der Waals surface area contributed by atoms with Crippen molar-refractivity contribution in [2.24, 2.45) is 0 Å². The Kier molecular flexibility index (Phi) is 5.47. The second-order valence-electron chi connectivity index (χ2n) is 4.32. The maximum absolute atomic E-state index is 12.3. The molecule has 1 atom stereocenters. The predicted octanol–water partition coefficient (Wildman–Crippen LogP) is 4.06. The summed E-state index contributed by atoms with van der Waals surface area (Å²) in [6.45, 7) is 0. The van der Waals surface area contributed by atoms with Crippen LogP contribution in [0.2, 0.25) is 5.02 Å². The number of rotatable bonds is 7. The molecule has 1 aromatic heterocycles. The average molecular weight is 325 g/mol. The molecule has 21 heavy (non-hydrogen) atoms. The van der Waals surface area contributed by atoms with E-state index < -0.39 is 5.97 Å². The molecular formula is C15H13ClO4S. The number of thioether (sulfide) groups is 1. The zero-order valence-electron chi connectivity index (χ0n) is 11.0. The van der Waals surface area contributed by atoms with Crippen LogP contribution in [0.1, 0.15) is 27.8 Å². The van der Waals surface area contributed by atoms with Gasteiger partial charge in [-0.3, -0.25) is 9.59 Å². The van der Waals surface area contributed by atoms with Crippen molar-refractivity contribution >= 4 is 35.1 Å². The second kappa shape index (κ2) is 7.33. The number of hydrogen-bond donors (Lipinski definition) is 1. The molecule has 0 aliphatic carbocycles. The van der Waals surface area contributed by atoms with Crippen molar-refractivity contribution in [2.75, 3.05) is 5.75 Å². The van der Waals surface area contributed by atoms with E-state index in [0.29, 0.717) is 16.3 Å². The molecule has 2 rings (SSSR count). The maximum atomic E-state index is 12.3. The lowest BCUT2D eigenvalue weighted by atomic mass is 10.1. The third-order valence-corrected chi connectivity index (χ3v) is 4.36. The summed E-state index contributed by atoms with van der Waals surface area (Å²) in [4.78, 5) is 23.1. The number of carbonyl (C=O) groups excluding carboxylic acids is 1. The highest BCUT2D eigenvalue weighted by Gasteiger charge is 2.22. The topological polar surface area (TPSA) is 67.5 Å². The minimum absolute atomic E-state index is 0.0961. The molecule has 1 aromatic carbocycles. The summed E-state index contributed by atoms with van der Waals surface area (Å²) >= 11 is 7.17. The van der Waals surface area contributed by atoms with Gasteiger partial charge < -0.3 is 9.52 Å². The normalized spacial score (nSPS) is 12.0. The van der Waals surface area contributed by atoms with Gasteiger partial charge in [0.1, 0.15) is 5.76 Å².